The van der Waals surface area contributed by atoms with Crippen LogP contribution in [0.15, 0.2) is 0 Å². The predicted octanol–water partition coefficient (Wildman–Crippen LogP) is 3.34. The summed E-state index contributed by atoms with van der Waals surface area (Å²) in [5.74, 6) is 0.688. The van der Waals surface area contributed by atoms with Crippen LogP contribution in [0.4, 0.5) is 0 Å². The van der Waals surface area contributed by atoms with Crippen molar-refractivity contribution in [3.63, 3.8) is 0 Å². The first kappa shape index (κ1) is 13.0. The molecular weight excluding hydrogens is 157 g/mol. The molecule has 0 bridgehead atoms. The third-order valence-corrected chi connectivity index (χ3v) is 2.07. The van der Waals surface area contributed by atoms with Crippen molar-refractivity contribution in [1.82, 2.24) is 4.81 Å². The monoisotopic (exact) mass is 182 g/mol. The maximum absolute atomic E-state index is 2.49. The fraction of sp³-hybridized carbons (Fsp3) is 1.00. The van der Waals surface area contributed by atoms with Gasteiger partial charge in [0, 0.05) is 0 Å². The SMILES string of the molecule is CCCCCN([B]C(C)C)CCC. The van der Waals surface area contributed by atoms with Crippen LogP contribution in [0.25, 0.3) is 0 Å². The number of hydrogen-bond acceptors (Lipinski definition) is 1. The Bertz CT molecular complexity index is 104. The minimum absolute atomic E-state index is 0.688. The van der Waals surface area contributed by atoms with Crippen molar-refractivity contribution in [2.24, 2.45) is 0 Å². The first-order valence-electron chi connectivity index (χ1n) is 5.79. The summed E-state index contributed by atoms with van der Waals surface area (Å²) in [7, 11) is 2.37. The van der Waals surface area contributed by atoms with E-state index in [1.54, 1.807) is 0 Å². The lowest BCUT2D eigenvalue weighted by molar-refractivity contribution is 0.420. The second-order valence-corrected chi connectivity index (χ2v) is 4.14. The molecule has 13 heavy (non-hydrogen) atoms. The molecule has 0 aliphatic heterocycles. The summed E-state index contributed by atoms with van der Waals surface area (Å²) in [4.78, 5) is 2.49. The molecule has 0 aromatic carbocycles. The smallest absolute Gasteiger partial charge is 0.211 e. The highest BCUT2D eigenvalue weighted by molar-refractivity contribution is 6.33. The highest BCUT2D eigenvalue weighted by Crippen LogP contribution is 2.04. The van der Waals surface area contributed by atoms with E-state index < -0.39 is 0 Å². The highest BCUT2D eigenvalue weighted by Gasteiger charge is 2.07. The molecular formula is C11H25BN. The van der Waals surface area contributed by atoms with Crippen LogP contribution in [0.5, 0.6) is 0 Å². The molecule has 0 aromatic rings. The van der Waals surface area contributed by atoms with Gasteiger partial charge in [0.25, 0.3) is 0 Å². The van der Waals surface area contributed by atoms with Crippen LogP contribution in [-0.4, -0.2) is 25.3 Å². The van der Waals surface area contributed by atoms with Gasteiger partial charge in [0.15, 0.2) is 0 Å². The Morgan fingerprint density at radius 3 is 2.15 bits per heavy atom. The lowest BCUT2D eigenvalue weighted by atomic mass is 9.76. The predicted molar refractivity (Wildman–Crippen MR) is 62.2 cm³/mol. The van der Waals surface area contributed by atoms with E-state index in [-0.39, 0.29) is 0 Å². The molecule has 0 unspecified atom stereocenters. The van der Waals surface area contributed by atoms with Gasteiger partial charge in [-0.1, -0.05) is 46.4 Å². The zero-order valence-corrected chi connectivity index (χ0v) is 9.84. The standard InChI is InChI=1S/C11H25BN/c1-5-7-8-10-13(9-6-2)12-11(3)4/h11H,5-10H2,1-4H3. The molecule has 0 aliphatic rings. The molecule has 1 radical (unpaired) electrons. The maximum Gasteiger partial charge on any atom is 0.211 e. The molecule has 0 aliphatic carbocycles. The average molecular weight is 182 g/mol. The van der Waals surface area contributed by atoms with Gasteiger partial charge < -0.3 is 4.81 Å². The van der Waals surface area contributed by atoms with E-state index in [9.17, 15) is 0 Å². The quantitative estimate of drug-likeness (QED) is 0.411. The molecule has 0 N–H and O–H groups in total. The highest BCUT2D eigenvalue weighted by atomic mass is 15.0. The first-order chi connectivity index (χ1) is 6.20. The molecule has 0 spiro atoms. The third kappa shape index (κ3) is 8.36. The largest absolute Gasteiger partial charge is 0.346 e. The number of hydrogen-bond donors (Lipinski definition) is 0. The first-order valence-corrected chi connectivity index (χ1v) is 5.79. The van der Waals surface area contributed by atoms with E-state index in [0.717, 1.165) is 0 Å². The van der Waals surface area contributed by atoms with Crippen molar-refractivity contribution in [3.05, 3.63) is 0 Å². The van der Waals surface area contributed by atoms with Gasteiger partial charge in [-0.05, 0) is 25.9 Å². The zero-order chi connectivity index (χ0) is 10.1. The van der Waals surface area contributed by atoms with Crippen LogP contribution in [0.1, 0.15) is 53.4 Å². The van der Waals surface area contributed by atoms with Crippen molar-refractivity contribution in [2.45, 2.75) is 59.2 Å². The summed E-state index contributed by atoms with van der Waals surface area (Å²) >= 11 is 0. The lowest BCUT2D eigenvalue weighted by Crippen LogP contribution is -2.31. The Hall–Kier alpha value is 0.0249. The molecule has 2 heteroatoms. The van der Waals surface area contributed by atoms with E-state index in [1.807, 2.05) is 0 Å². The molecule has 0 heterocycles. The summed E-state index contributed by atoms with van der Waals surface area (Å²) in [6, 6.07) is 0. The van der Waals surface area contributed by atoms with Gasteiger partial charge in [-0.3, -0.25) is 0 Å². The molecule has 0 fully saturated rings. The van der Waals surface area contributed by atoms with E-state index in [4.69, 9.17) is 0 Å². The Morgan fingerprint density at radius 2 is 1.69 bits per heavy atom. The summed E-state index contributed by atoms with van der Waals surface area (Å²) in [5, 5.41) is 0. The van der Waals surface area contributed by atoms with Gasteiger partial charge in [-0.15, -0.1) is 0 Å². The van der Waals surface area contributed by atoms with E-state index in [0.29, 0.717) is 5.82 Å². The van der Waals surface area contributed by atoms with Crippen LogP contribution in [0.2, 0.25) is 5.82 Å². The average Bonchev–Trinajstić information content (AvgIpc) is 2.04. The van der Waals surface area contributed by atoms with Gasteiger partial charge in [0.05, 0.1) is 0 Å². The molecule has 0 saturated heterocycles. The van der Waals surface area contributed by atoms with E-state index in [1.165, 1.54) is 38.8 Å². The fourth-order valence-corrected chi connectivity index (χ4v) is 1.53. The summed E-state index contributed by atoms with van der Waals surface area (Å²) < 4.78 is 0. The molecule has 1 nitrogen and oxygen atoms in total. The summed E-state index contributed by atoms with van der Waals surface area (Å²) in [6.45, 7) is 11.5. The van der Waals surface area contributed by atoms with E-state index >= 15 is 0 Å². The Balaban J connectivity index is 3.53. The van der Waals surface area contributed by atoms with Crippen molar-refractivity contribution >= 4 is 7.41 Å². The van der Waals surface area contributed by atoms with Crippen molar-refractivity contribution in [1.29, 1.82) is 0 Å². The summed E-state index contributed by atoms with van der Waals surface area (Å²) in [6.07, 6.45) is 5.29. The second-order valence-electron chi connectivity index (χ2n) is 4.14. The van der Waals surface area contributed by atoms with Crippen molar-refractivity contribution in [2.75, 3.05) is 13.1 Å². The number of nitrogens with zero attached hydrogens (tertiary/aromatic N) is 1. The van der Waals surface area contributed by atoms with Gasteiger partial charge >= 0.3 is 0 Å². The van der Waals surface area contributed by atoms with Gasteiger partial charge in [-0.25, -0.2) is 0 Å². The molecule has 0 amide bonds. The Morgan fingerprint density at radius 1 is 1.00 bits per heavy atom. The topological polar surface area (TPSA) is 3.24 Å². The van der Waals surface area contributed by atoms with Gasteiger partial charge in [0.2, 0.25) is 7.41 Å². The van der Waals surface area contributed by atoms with E-state index in [2.05, 4.69) is 39.9 Å². The van der Waals surface area contributed by atoms with Crippen LogP contribution in [-0.2, 0) is 0 Å². The third-order valence-electron chi connectivity index (χ3n) is 2.07. The van der Waals surface area contributed by atoms with Crippen LogP contribution in [0.3, 0.4) is 0 Å². The number of unbranched alkanes of at least 4 members (excludes halogenated alkanes) is 2. The fourth-order valence-electron chi connectivity index (χ4n) is 1.53. The zero-order valence-electron chi connectivity index (χ0n) is 9.84. The normalized spacial score (nSPS) is 11.2. The van der Waals surface area contributed by atoms with Gasteiger partial charge in [0.1, 0.15) is 0 Å². The molecule has 0 atom stereocenters. The van der Waals surface area contributed by atoms with Crippen molar-refractivity contribution in [3.8, 4) is 0 Å². The molecule has 0 saturated carbocycles. The molecule has 0 rings (SSSR count). The molecule has 77 valence electrons. The van der Waals surface area contributed by atoms with Gasteiger partial charge in [-0.2, -0.15) is 0 Å². The number of rotatable bonds is 8. The second kappa shape index (κ2) is 8.62. The Kier molecular flexibility index (Phi) is 8.63. The minimum atomic E-state index is 0.688. The lowest BCUT2D eigenvalue weighted by Gasteiger charge is -2.22. The summed E-state index contributed by atoms with van der Waals surface area (Å²) in [5.41, 5.74) is 0. The van der Waals surface area contributed by atoms with Crippen LogP contribution in [0, 0.1) is 0 Å². The maximum atomic E-state index is 2.49. The van der Waals surface area contributed by atoms with Crippen molar-refractivity contribution < 1.29 is 0 Å². The molecule has 0 aromatic heterocycles. The minimum Gasteiger partial charge on any atom is -0.346 e. The van der Waals surface area contributed by atoms with Crippen LogP contribution < -0.4 is 0 Å². The Labute approximate surface area is 85.2 Å². The van der Waals surface area contributed by atoms with Crippen LogP contribution >= 0.6 is 0 Å².